The van der Waals surface area contributed by atoms with Gasteiger partial charge >= 0.3 is 5.97 Å². The highest BCUT2D eigenvalue weighted by Gasteiger charge is 2.49. The number of ether oxygens (including phenoxy) is 1. The maximum absolute atomic E-state index is 13.8. The average molecular weight is 278 g/mol. The van der Waals surface area contributed by atoms with E-state index in [-0.39, 0.29) is 11.8 Å². The van der Waals surface area contributed by atoms with Crippen molar-refractivity contribution in [1.82, 2.24) is 4.90 Å². The van der Waals surface area contributed by atoms with Gasteiger partial charge in [-0.2, -0.15) is 0 Å². The SMILES string of the molecule is COC(=O)C1(Nc2ccccc2F)CCN(C2CC2)C1. The Morgan fingerprint density at radius 2 is 2.20 bits per heavy atom. The normalized spacial score (nSPS) is 26.5. The minimum absolute atomic E-state index is 0.316. The molecule has 0 amide bonds. The molecule has 2 aliphatic rings. The van der Waals surface area contributed by atoms with Gasteiger partial charge in [-0.25, -0.2) is 9.18 Å². The van der Waals surface area contributed by atoms with Crippen LogP contribution in [0.5, 0.6) is 0 Å². The van der Waals surface area contributed by atoms with Gasteiger partial charge in [0.15, 0.2) is 0 Å². The summed E-state index contributed by atoms with van der Waals surface area (Å²) in [5, 5.41) is 3.09. The van der Waals surface area contributed by atoms with Gasteiger partial charge in [-0.05, 0) is 31.4 Å². The molecule has 1 aromatic carbocycles. The molecule has 1 unspecified atom stereocenters. The summed E-state index contributed by atoms with van der Waals surface area (Å²) in [6.07, 6.45) is 3.03. The first-order chi connectivity index (χ1) is 9.64. The zero-order valence-corrected chi connectivity index (χ0v) is 11.6. The van der Waals surface area contributed by atoms with Crippen LogP contribution < -0.4 is 5.32 Å². The van der Waals surface area contributed by atoms with E-state index in [1.165, 1.54) is 26.0 Å². The highest BCUT2D eigenvalue weighted by molar-refractivity contribution is 5.85. The Labute approximate surface area is 117 Å². The van der Waals surface area contributed by atoms with Crippen molar-refractivity contribution in [2.24, 2.45) is 0 Å². The largest absolute Gasteiger partial charge is 0.467 e. The van der Waals surface area contributed by atoms with E-state index in [0.29, 0.717) is 24.7 Å². The van der Waals surface area contributed by atoms with Crippen LogP contribution in [0.1, 0.15) is 19.3 Å². The van der Waals surface area contributed by atoms with Gasteiger partial charge in [-0.1, -0.05) is 12.1 Å². The predicted molar refractivity (Wildman–Crippen MR) is 74.0 cm³/mol. The average Bonchev–Trinajstić information content (AvgIpc) is 3.22. The zero-order valence-electron chi connectivity index (χ0n) is 11.6. The van der Waals surface area contributed by atoms with Crippen molar-refractivity contribution in [3.8, 4) is 0 Å². The van der Waals surface area contributed by atoms with Crippen LogP contribution in [-0.2, 0) is 9.53 Å². The summed E-state index contributed by atoms with van der Waals surface area (Å²) >= 11 is 0. The Hall–Kier alpha value is -1.62. The standard InChI is InChI=1S/C15H19FN2O2/c1-20-14(19)15(8-9-18(10-15)11-6-7-11)17-13-5-3-2-4-12(13)16/h2-5,11,17H,6-10H2,1H3. The molecule has 108 valence electrons. The second-order valence-electron chi connectivity index (χ2n) is 5.63. The summed E-state index contributed by atoms with van der Waals surface area (Å²) in [6.45, 7) is 1.43. The third-order valence-electron chi connectivity index (χ3n) is 4.19. The molecule has 0 radical (unpaired) electrons. The summed E-state index contributed by atoms with van der Waals surface area (Å²) in [5.74, 6) is -0.662. The molecular formula is C15H19FN2O2. The molecule has 4 nitrogen and oxygen atoms in total. The lowest BCUT2D eigenvalue weighted by molar-refractivity contribution is -0.145. The Kier molecular flexibility index (Phi) is 3.38. The van der Waals surface area contributed by atoms with Crippen molar-refractivity contribution in [1.29, 1.82) is 0 Å². The number of hydrogen-bond donors (Lipinski definition) is 1. The van der Waals surface area contributed by atoms with Gasteiger partial charge in [0.2, 0.25) is 0 Å². The lowest BCUT2D eigenvalue weighted by Gasteiger charge is -2.29. The van der Waals surface area contributed by atoms with Crippen LogP contribution in [0.3, 0.4) is 0 Å². The number of carbonyl (C=O) groups excluding carboxylic acids is 1. The third-order valence-corrected chi connectivity index (χ3v) is 4.19. The molecule has 0 bridgehead atoms. The van der Waals surface area contributed by atoms with E-state index in [9.17, 15) is 9.18 Å². The number of nitrogens with one attached hydrogen (secondary N) is 1. The Morgan fingerprint density at radius 1 is 1.45 bits per heavy atom. The molecular weight excluding hydrogens is 259 g/mol. The molecule has 2 fully saturated rings. The van der Waals surface area contributed by atoms with E-state index >= 15 is 0 Å². The number of nitrogens with zero attached hydrogens (tertiary/aromatic N) is 1. The number of anilines is 1. The number of para-hydroxylation sites is 1. The van der Waals surface area contributed by atoms with Crippen LogP contribution in [0, 0.1) is 5.82 Å². The van der Waals surface area contributed by atoms with Crippen LogP contribution in [0.4, 0.5) is 10.1 Å². The molecule has 1 heterocycles. The first kappa shape index (κ1) is 13.4. The quantitative estimate of drug-likeness (QED) is 0.856. The zero-order chi connectivity index (χ0) is 14.2. The van der Waals surface area contributed by atoms with E-state index < -0.39 is 5.54 Å². The van der Waals surface area contributed by atoms with Crippen LogP contribution in [0.25, 0.3) is 0 Å². The first-order valence-corrected chi connectivity index (χ1v) is 7.00. The number of esters is 1. The monoisotopic (exact) mass is 278 g/mol. The van der Waals surface area contributed by atoms with Crippen molar-refractivity contribution in [3.63, 3.8) is 0 Å². The molecule has 1 aromatic rings. The van der Waals surface area contributed by atoms with Crippen molar-refractivity contribution in [2.75, 3.05) is 25.5 Å². The van der Waals surface area contributed by atoms with Crippen molar-refractivity contribution < 1.29 is 13.9 Å². The van der Waals surface area contributed by atoms with Crippen molar-refractivity contribution in [3.05, 3.63) is 30.1 Å². The first-order valence-electron chi connectivity index (χ1n) is 7.00. The lowest BCUT2D eigenvalue weighted by atomic mass is 9.98. The third kappa shape index (κ3) is 2.38. The second-order valence-corrected chi connectivity index (χ2v) is 5.63. The number of carbonyl (C=O) groups is 1. The van der Waals surface area contributed by atoms with Gasteiger partial charge in [0.1, 0.15) is 11.4 Å². The fraction of sp³-hybridized carbons (Fsp3) is 0.533. The van der Waals surface area contributed by atoms with E-state index in [1.807, 2.05) is 0 Å². The maximum atomic E-state index is 13.8. The van der Waals surface area contributed by atoms with Crippen molar-refractivity contribution in [2.45, 2.75) is 30.8 Å². The van der Waals surface area contributed by atoms with Gasteiger partial charge in [-0.15, -0.1) is 0 Å². The van der Waals surface area contributed by atoms with Crippen LogP contribution in [-0.4, -0.2) is 42.6 Å². The molecule has 0 spiro atoms. The number of likely N-dealkylation sites (tertiary alicyclic amines) is 1. The molecule has 1 saturated heterocycles. The van der Waals surface area contributed by atoms with Gasteiger partial charge < -0.3 is 10.1 Å². The minimum atomic E-state index is -0.834. The minimum Gasteiger partial charge on any atom is -0.467 e. The molecule has 1 aliphatic heterocycles. The fourth-order valence-electron chi connectivity index (χ4n) is 2.93. The Morgan fingerprint density at radius 3 is 2.85 bits per heavy atom. The van der Waals surface area contributed by atoms with E-state index in [0.717, 1.165) is 6.54 Å². The van der Waals surface area contributed by atoms with Crippen molar-refractivity contribution >= 4 is 11.7 Å². The second kappa shape index (κ2) is 5.05. The molecule has 0 aromatic heterocycles. The van der Waals surface area contributed by atoms with Crippen LogP contribution in [0.15, 0.2) is 24.3 Å². The van der Waals surface area contributed by atoms with Gasteiger partial charge in [-0.3, -0.25) is 4.90 Å². The molecule has 1 aliphatic carbocycles. The molecule has 1 saturated carbocycles. The summed E-state index contributed by atoms with van der Waals surface area (Å²) in [4.78, 5) is 14.5. The summed E-state index contributed by atoms with van der Waals surface area (Å²) in [7, 11) is 1.38. The van der Waals surface area contributed by atoms with Crippen LogP contribution in [0.2, 0.25) is 0 Å². The van der Waals surface area contributed by atoms with E-state index in [1.54, 1.807) is 18.2 Å². The molecule has 1 atom stereocenters. The van der Waals surface area contributed by atoms with Gasteiger partial charge in [0.05, 0.1) is 12.8 Å². The lowest BCUT2D eigenvalue weighted by Crippen LogP contribution is -2.49. The number of methoxy groups -OCH3 is 1. The van der Waals surface area contributed by atoms with E-state index in [2.05, 4.69) is 10.2 Å². The topological polar surface area (TPSA) is 41.6 Å². The summed E-state index contributed by atoms with van der Waals surface area (Å²) in [6, 6.07) is 7.02. The number of rotatable bonds is 4. The van der Waals surface area contributed by atoms with Gasteiger partial charge in [0, 0.05) is 19.1 Å². The number of hydrogen-bond acceptors (Lipinski definition) is 4. The molecule has 3 rings (SSSR count). The molecule has 5 heteroatoms. The predicted octanol–water partition coefficient (Wildman–Crippen LogP) is 2.02. The smallest absolute Gasteiger partial charge is 0.332 e. The molecule has 1 N–H and O–H groups in total. The Bertz CT molecular complexity index is 518. The van der Waals surface area contributed by atoms with Gasteiger partial charge in [0.25, 0.3) is 0 Å². The highest BCUT2D eigenvalue weighted by Crippen LogP contribution is 2.36. The summed E-state index contributed by atoms with van der Waals surface area (Å²) < 4.78 is 18.8. The van der Waals surface area contributed by atoms with E-state index in [4.69, 9.17) is 4.74 Å². The summed E-state index contributed by atoms with van der Waals surface area (Å²) in [5.41, 5.74) is -0.477. The molecule has 20 heavy (non-hydrogen) atoms. The van der Waals surface area contributed by atoms with Crippen LogP contribution >= 0.6 is 0 Å². The number of benzene rings is 1. The maximum Gasteiger partial charge on any atom is 0.332 e. The fourth-order valence-corrected chi connectivity index (χ4v) is 2.93. The highest BCUT2D eigenvalue weighted by atomic mass is 19.1. The number of halogens is 1. The Balaban J connectivity index is 1.83.